The summed E-state index contributed by atoms with van der Waals surface area (Å²) >= 11 is 0. The minimum Gasteiger partial charge on any atom is -0.380 e. The molecule has 1 heterocycles. The van der Waals surface area contributed by atoms with E-state index in [1.54, 1.807) is 7.11 Å². The Morgan fingerprint density at radius 1 is 1.45 bits per heavy atom. The van der Waals surface area contributed by atoms with Gasteiger partial charge >= 0.3 is 0 Å². The smallest absolute Gasteiger partial charge is 0.276 e. The summed E-state index contributed by atoms with van der Waals surface area (Å²) in [6.45, 7) is 0.463. The van der Waals surface area contributed by atoms with Crippen LogP contribution < -0.4 is 5.32 Å². The van der Waals surface area contributed by atoms with Crippen molar-refractivity contribution in [3.05, 3.63) is 47.3 Å². The molecule has 1 saturated carbocycles. The molecule has 1 aliphatic rings. The third-order valence-electron chi connectivity index (χ3n) is 3.41. The second kappa shape index (κ2) is 5.46. The molecule has 0 atom stereocenters. The number of aromatic amines is 1. The molecule has 2 N–H and O–H groups in total. The van der Waals surface area contributed by atoms with E-state index in [2.05, 4.69) is 15.5 Å². The van der Waals surface area contributed by atoms with Crippen LogP contribution in [-0.2, 0) is 11.3 Å². The van der Waals surface area contributed by atoms with E-state index in [0.717, 1.165) is 16.9 Å². The molecule has 1 aliphatic carbocycles. The van der Waals surface area contributed by atoms with Crippen molar-refractivity contribution >= 4 is 11.6 Å². The van der Waals surface area contributed by atoms with E-state index in [1.807, 2.05) is 30.3 Å². The molecule has 0 spiro atoms. The zero-order chi connectivity index (χ0) is 13.9. The van der Waals surface area contributed by atoms with Gasteiger partial charge in [0, 0.05) is 30.0 Å². The number of hydrogen-bond donors (Lipinski definition) is 2. The summed E-state index contributed by atoms with van der Waals surface area (Å²) < 4.78 is 5.13. The number of amides is 1. The molecule has 1 aromatic heterocycles. The van der Waals surface area contributed by atoms with E-state index < -0.39 is 0 Å². The first kappa shape index (κ1) is 12.9. The Bertz CT molecular complexity index is 617. The van der Waals surface area contributed by atoms with Gasteiger partial charge in [0.2, 0.25) is 0 Å². The standard InChI is InChI=1S/C15H17N3O2/c1-20-9-11-4-2-3-5-12(11)16-15(19)14-8-13(17-18-14)10-6-7-10/h2-5,8,10H,6-7,9H2,1H3,(H,16,19)(H,17,18). The van der Waals surface area contributed by atoms with E-state index in [1.165, 1.54) is 12.8 Å². The Balaban J connectivity index is 1.74. The fraction of sp³-hybridized carbons (Fsp3) is 0.333. The van der Waals surface area contributed by atoms with Crippen LogP contribution in [0.5, 0.6) is 0 Å². The highest BCUT2D eigenvalue weighted by Gasteiger charge is 2.26. The highest BCUT2D eigenvalue weighted by Crippen LogP contribution is 2.39. The van der Waals surface area contributed by atoms with E-state index >= 15 is 0 Å². The Morgan fingerprint density at radius 2 is 2.25 bits per heavy atom. The lowest BCUT2D eigenvalue weighted by molar-refractivity contribution is 0.102. The lowest BCUT2D eigenvalue weighted by Crippen LogP contribution is -2.14. The lowest BCUT2D eigenvalue weighted by atomic mass is 10.2. The number of ether oxygens (including phenoxy) is 1. The maximum atomic E-state index is 12.2. The molecule has 3 rings (SSSR count). The van der Waals surface area contributed by atoms with Gasteiger partial charge in [0.15, 0.2) is 5.69 Å². The number of rotatable bonds is 5. The van der Waals surface area contributed by atoms with E-state index in [4.69, 9.17) is 4.74 Å². The molecule has 0 saturated heterocycles. The number of carbonyl (C=O) groups is 1. The van der Waals surface area contributed by atoms with Crippen LogP contribution in [0.25, 0.3) is 0 Å². The molecule has 1 amide bonds. The van der Waals surface area contributed by atoms with Gasteiger partial charge in [-0.15, -0.1) is 0 Å². The van der Waals surface area contributed by atoms with Crippen molar-refractivity contribution in [2.45, 2.75) is 25.4 Å². The van der Waals surface area contributed by atoms with Crippen LogP contribution in [0.1, 0.15) is 40.5 Å². The number of nitrogens with zero attached hydrogens (tertiary/aromatic N) is 1. The van der Waals surface area contributed by atoms with Gasteiger partial charge in [0.1, 0.15) is 0 Å². The topological polar surface area (TPSA) is 67.0 Å². The quantitative estimate of drug-likeness (QED) is 0.878. The monoisotopic (exact) mass is 271 g/mol. The summed E-state index contributed by atoms with van der Waals surface area (Å²) in [5, 5.41) is 9.90. The van der Waals surface area contributed by atoms with Crippen LogP contribution in [0.15, 0.2) is 30.3 Å². The second-order valence-corrected chi connectivity index (χ2v) is 5.03. The maximum Gasteiger partial charge on any atom is 0.276 e. The maximum absolute atomic E-state index is 12.2. The molecular formula is C15H17N3O2. The average Bonchev–Trinajstić information content (AvgIpc) is 3.19. The minimum atomic E-state index is -0.197. The predicted molar refractivity (Wildman–Crippen MR) is 75.7 cm³/mol. The van der Waals surface area contributed by atoms with Gasteiger partial charge in [-0.25, -0.2) is 0 Å². The van der Waals surface area contributed by atoms with Crippen molar-refractivity contribution in [2.75, 3.05) is 12.4 Å². The van der Waals surface area contributed by atoms with Crippen molar-refractivity contribution < 1.29 is 9.53 Å². The van der Waals surface area contributed by atoms with Gasteiger partial charge in [-0.1, -0.05) is 18.2 Å². The Hall–Kier alpha value is -2.14. The fourth-order valence-corrected chi connectivity index (χ4v) is 2.17. The average molecular weight is 271 g/mol. The summed E-state index contributed by atoms with van der Waals surface area (Å²) in [7, 11) is 1.63. The Morgan fingerprint density at radius 3 is 3.00 bits per heavy atom. The Kier molecular flexibility index (Phi) is 3.52. The zero-order valence-corrected chi connectivity index (χ0v) is 11.3. The van der Waals surface area contributed by atoms with Crippen LogP contribution in [0.2, 0.25) is 0 Å². The number of benzene rings is 1. The molecule has 104 valence electrons. The highest BCUT2D eigenvalue weighted by atomic mass is 16.5. The number of para-hydroxylation sites is 1. The molecule has 5 heteroatoms. The first-order valence-corrected chi connectivity index (χ1v) is 6.71. The first-order valence-electron chi connectivity index (χ1n) is 6.71. The van der Waals surface area contributed by atoms with Gasteiger partial charge < -0.3 is 10.1 Å². The summed E-state index contributed by atoms with van der Waals surface area (Å²) in [5.41, 5.74) is 3.19. The number of hydrogen-bond acceptors (Lipinski definition) is 3. The van der Waals surface area contributed by atoms with Crippen molar-refractivity contribution in [1.82, 2.24) is 10.2 Å². The molecule has 1 fully saturated rings. The number of aromatic nitrogens is 2. The zero-order valence-electron chi connectivity index (χ0n) is 11.3. The normalized spacial score (nSPS) is 14.2. The second-order valence-electron chi connectivity index (χ2n) is 5.03. The number of methoxy groups -OCH3 is 1. The number of anilines is 1. The summed E-state index contributed by atoms with van der Waals surface area (Å²) in [4.78, 5) is 12.2. The third kappa shape index (κ3) is 2.72. The van der Waals surface area contributed by atoms with Crippen LogP contribution in [-0.4, -0.2) is 23.2 Å². The van der Waals surface area contributed by atoms with Crippen molar-refractivity contribution in [1.29, 1.82) is 0 Å². The fourth-order valence-electron chi connectivity index (χ4n) is 2.17. The summed E-state index contributed by atoms with van der Waals surface area (Å²) in [5.74, 6) is 0.363. The van der Waals surface area contributed by atoms with Crippen molar-refractivity contribution in [3.8, 4) is 0 Å². The van der Waals surface area contributed by atoms with Gasteiger partial charge in [-0.2, -0.15) is 5.10 Å². The van der Waals surface area contributed by atoms with Crippen molar-refractivity contribution in [3.63, 3.8) is 0 Å². The van der Waals surface area contributed by atoms with Crippen LogP contribution in [0.4, 0.5) is 5.69 Å². The van der Waals surface area contributed by atoms with Gasteiger partial charge in [0.25, 0.3) is 5.91 Å². The lowest BCUT2D eigenvalue weighted by Gasteiger charge is -2.09. The van der Waals surface area contributed by atoms with Crippen LogP contribution in [0, 0.1) is 0 Å². The minimum absolute atomic E-state index is 0.197. The number of nitrogens with one attached hydrogen (secondary N) is 2. The van der Waals surface area contributed by atoms with Gasteiger partial charge in [-0.3, -0.25) is 9.89 Å². The first-order chi connectivity index (χ1) is 9.78. The summed E-state index contributed by atoms with van der Waals surface area (Å²) in [6, 6.07) is 9.44. The molecule has 20 heavy (non-hydrogen) atoms. The molecule has 2 aromatic rings. The molecule has 0 unspecified atom stereocenters. The molecule has 5 nitrogen and oxygen atoms in total. The van der Waals surface area contributed by atoms with E-state index in [0.29, 0.717) is 18.2 Å². The molecule has 0 aliphatic heterocycles. The van der Waals surface area contributed by atoms with Crippen LogP contribution >= 0.6 is 0 Å². The number of H-pyrrole nitrogens is 1. The Labute approximate surface area is 117 Å². The van der Waals surface area contributed by atoms with Gasteiger partial charge in [0.05, 0.1) is 6.61 Å². The number of carbonyl (C=O) groups excluding carboxylic acids is 1. The molecule has 1 aromatic carbocycles. The predicted octanol–water partition coefficient (Wildman–Crippen LogP) is 2.69. The van der Waals surface area contributed by atoms with Crippen molar-refractivity contribution in [2.24, 2.45) is 0 Å². The molecule has 0 bridgehead atoms. The molecular weight excluding hydrogens is 254 g/mol. The molecule has 0 radical (unpaired) electrons. The van der Waals surface area contributed by atoms with E-state index in [-0.39, 0.29) is 5.91 Å². The SMILES string of the molecule is COCc1ccccc1NC(=O)c1cc(C2CC2)[nH]n1. The third-order valence-corrected chi connectivity index (χ3v) is 3.41. The summed E-state index contributed by atoms with van der Waals surface area (Å²) in [6.07, 6.45) is 2.36. The van der Waals surface area contributed by atoms with E-state index in [9.17, 15) is 4.79 Å². The van der Waals surface area contributed by atoms with Crippen LogP contribution in [0.3, 0.4) is 0 Å². The highest BCUT2D eigenvalue weighted by molar-refractivity contribution is 6.03. The van der Waals surface area contributed by atoms with Gasteiger partial charge in [-0.05, 0) is 25.0 Å². The largest absolute Gasteiger partial charge is 0.380 e.